The van der Waals surface area contributed by atoms with Gasteiger partial charge in [-0.2, -0.15) is 13.2 Å². The van der Waals surface area contributed by atoms with Crippen LogP contribution in [-0.2, 0) is 13.1 Å². The Bertz CT molecular complexity index is 1440. The van der Waals surface area contributed by atoms with Crippen molar-refractivity contribution in [3.8, 4) is 5.69 Å². The molecule has 2 saturated heterocycles. The number of alkyl halides is 3. The molecule has 3 saturated carbocycles. The van der Waals surface area contributed by atoms with Crippen LogP contribution in [0, 0.1) is 16.6 Å². The Morgan fingerprint density at radius 2 is 1.58 bits per heavy atom. The molecule has 3 aromatic rings. The van der Waals surface area contributed by atoms with Gasteiger partial charge in [0, 0.05) is 48.7 Å². The molecule has 0 amide bonds. The van der Waals surface area contributed by atoms with E-state index in [1.165, 1.54) is 12.4 Å². The normalized spacial score (nSPS) is 29.0. The number of halogens is 5. The van der Waals surface area contributed by atoms with Gasteiger partial charge in [0.15, 0.2) is 11.6 Å². The first-order valence-electron chi connectivity index (χ1n) is 12.6. The van der Waals surface area contributed by atoms with Crippen LogP contribution in [0.4, 0.5) is 29.5 Å². The molecule has 0 atom stereocenters. The van der Waals surface area contributed by atoms with Gasteiger partial charge < -0.3 is 9.80 Å². The summed E-state index contributed by atoms with van der Waals surface area (Å²) in [7, 11) is 0. The van der Waals surface area contributed by atoms with Crippen LogP contribution in [0.2, 0.25) is 5.02 Å². The fourth-order valence-electron chi connectivity index (χ4n) is 7.38. The van der Waals surface area contributed by atoms with Crippen molar-refractivity contribution < 1.29 is 17.6 Å². The third-order valence-corrected chi connectivity index (χ3v) is 9.48. The summed E-state index contributed by atoms with van der Waals surface area (Å²) in [6.07, 6.45) is -1.37. The monoisotopic (exact) mass is 546 g/mol. The number of aromatic nitrogens is 5. The smallest absolute Gasteiger partial charge is 0.339 e. The molecule has 8 nitrogen and oxygen atoms in total. The largest absolute Gasteiger partial charge is 0.394 e. The van der Waals surface area contributed by atoms with Gasteiger partial charge in [0.25, 0.3) is 0 Å². The molecule has 5 fully saturated rings. The number of nitrogens with zero attached hydrogens (tertiary/aromatic N) is 8. The van der Waals surface area contributed by atoms with Crippen molar-refractivity contribution in [3.05, 3.63) is 52.8 Å². The molecule has 5 heterocycles. The minimum absolute atomic E-state index is 0.0848. The molecule has 0 radical (unpaired) electrons. The first kappa shape index (κ1) is 22.9. The Morgan fingerprint density at radius 3 is 2.26 bits per heavy atom. The molecule has 2 bridgehead atoms. The highest BCUT2D eigenvalue weighted by Crippen LogP contribution is 2.75. The van der Waals surface area contributed by atoms with Crippen molar-refractivity contribution in [2.45, 2.75) is 44.1 Å². The molecule has 9 rings (SSSR count). The number of fused-ring (bicyclic) bond motifs is 3. The summed E-state index contributed by atoms with van der Waals surface area (Å²) in [4.78, 5) is 14.5. The first-order chi connectivity index (χ1) is 18.1. The summed E-state index contributed by atoms with van der Waals surface area (Å²) in [5.74, 6) is 1.53. The van der Waals surface area contributed by atoms with E-state index < -0.39 is 22.9 Å². The average Bonchev–Trinajstić information content (AvgIpc) is 3.06. The van der Waals surface area contributed by atoms with E-state index >= 15 is 0 Å². The highest BCUT2D eigenvalue weighted by molar-refractivity contribution is 6.30. The summed E-state index contributed by atoms with van der Waals surface area (Å²) < 4.78 is 55.9. The molecular formula is C25H23ClF4N8. The van der Waals surface area contributed by atoms with E-state index in [4.69, 9.17) is 11.6 Å². The number of hydrogen-bond donors (Lipinski definition) is 0. The summed E-state index contributed by atoms with van der Waals surface area (Å²) in [6, 6.07) is 5.68. The Labute approximate surface area is 220 Å². The number of rotatable bonds is 3. The minimum atomic E-state index is -4.15. The quantitative estimate of drug-likeness (QED) is 0.461. The van der Waals surface area contributed by atoms with Crippen molar-refractivity contribution >= 4 is 23.5 Å². The zero-order chi connectivity index (χ0) is 26.1. The zero-order valence-electron chi connectivity index (χ0n) is 20.2. The lowest BCUT2D eigenvalue weighted by Gasteiger charge is -2.73. The van der Waals surface area contributed by atoms with Crippen molar-refractivity contribution in [3.63, 3.8) is 0 Å². The maximum Gasteiger partial charge on any atom is 0.394 e. The van der Waals surface area contributed by atoms with Crippen molar-refractivity contribution in [1.29, 1.82) is 0 Å². The molecule has 3 aliphatic carbocycles. The van der Waals surface area contributed by atoms with Gasteiger partial charge in [-0.05, 0) is 43.0 Å². The fraction of sp³-hybridized carbons (Fsp3) is 0.520. The maximum absolute atomic E-state index is 13.5. The lowest BCUT2D eigenvalue weighted by atomic mass is 9.38. The SMILES string of the molecule is Fc1cnc(N2CC3(C2)CN(c2nnc4n2-c2ccc(Cl)cc2CN(C25CC(C(F)(F)F)(C2)C5)C4)C3)nc1. The van der Waals surface area contributed by atoms with Crippen LogP contribution in [0.15, 0.2) is 30.6 Å². The second kappa shape index (κ2) is 7.15. The predicted molar refractivity (Wildman–Crippen MR) is 130 cm³/mol. The molecule has 2 aromatic heterocycles. The predicted octanol–water partition coefficient (Wildman–Crippen LogP) is 3.98. The summed E-state index contributed by atoms with van der Waals surface area (Å²) in [5, 5.41) is 9.65. The summed E-state index contributed by atoms with van der Waals surface area (Å²) in [5.41, 5.74) is -0.00518. The average molecular weight is 547 g/mol. The van der Waals surface area contributed by atoms with Crippen LogP contribution in [0.1, 0.15) is 30.7 Å². The van der Waals surface area contributed by atoms with E-state index in [-0.39, 0.29) is 24.7 Å². The van der Waals surface area contributed by atoms with Crippen LogP contribution in [-0.4, -0.2) is 67.5 Å². The standard InChI is InChI=1S/C25H23ClF4N8/c26-16-1-2-18-15(3-16)6-37(24-8-23(9-24,10-24)25(28,29)30)7-19-33-34-21(38(18)19)36-13-22(14-36)11-35(12-22)20-31-4-17(27)5-32-20/h1-5H,6-14H2. The summed E-state index contributed by atoms with van der Waals surface area (Å²) >= 11 is 6.36. The molecule has 0 N–H and O–H groups in total. The molecule has 6 aliphatic rings. The second-order valence-electron chi connectivity index (χ2n) is 11.8. The van der Waals surface area contributed by atoms with Gasteiger partial charge in [-0.1, -0.05) is 11.6 Å². The molecule has 3 aliphatic heterocycles. The van der Waals surface area contributed by atoms with Gasteiger partial charge in [-0.3, -0.25) is 9.47 Å². The molecular weight excluding hydrogens is 524 g/mol. The molecule has 13 heteroatoms. The lowest BCUT2D eigenvalue weighted by Crippen LogP contribution is -2.78. The second-order valence-corrected chi connectivity index (χ2v) is 12.3. The van der Waals surface area contributed by atoms with Crippen LogP contribution < -0.4 is 9.80 Å². The van der Waals surface area contributed by atoms with Crippen molar-refractivity contribution in [1.82, 2.24) is 29.6 Å². The number of hydrogen-bond acceptors (Lipinski definition) is 7. The van der Waals surface area contributed by atoms with Crippen LogP contribution in [0.3, 0.4) is 0 Å². The minimum Gasteiger partial charge on any atom is -0.339 e. The van der Waals surface area contributed by atoms with Crippen molar-refractivity contribution in [2.75, 3.05) is 36.0 Å². The van der Waals surface area contributed by atoms with Gasteiger partial charge in [-0.25, -0.2) is 14.4 Å². The van der Waals surface area contributed by atoms with Crippen LogP contribution in [0.5, 0.6) is 0 Å². The van der Waals surface area contributed by atoms with Gasteiger partial charge in [0.1, 0.15) is 0 Å². The number of benzene rings is 1. The van der Waals surface area contributed by atoms with E-state index in [2.05, 4.69) is 30.0 Å². The third-order valence-electron chi connectivity index (χ3n) is 9.24. The number of anilines is 2. The van der Waals surface area contributed by atoms with E-state index in [1.54, 1.807) is 0 Å². The Kier molecular flexibility index (Phi) is 4.32. The lowest BCUT2D eigenvalue weighted by molar-refractivity contribution is -0.364. The Hall–Kier alpha value is -2.99. The topological polar surface area (TPSA) is 66.2 Å². The Morgan fingerprint density at radius 1 is 0.895 bits per heavy atom. The van der Waals surface area contributed by atoms with Gasteiger partial charge >= 0.3 is 6.18 Å². The highest BCUT2D eigenvalue weighted by Gasteiger charge is 2.80. The van der Waals surface area contributed by atoms with E-state index in [0.717, 1.165) is 49.2 Å². The highest BCUT2D eigenvalue weighted by atomic mass is 35.5. The van der Waals surface area contributed by atoms with E-state index in [0.29, 0.717) is 24.1 Å². The molecule has 38 heavy (non-hydrogen) atoms. The maximum atomic E-state index is 13.5. The zero-order valence-corrected chi connectivity index (χ0v) is 21.0. The summed E-state index contributed by atoms with van der Waals surface area (Å²) in [6.45, 7) is 4.07. The molecule has 1 aromatic carbocycles. The fourth-order valence-corrected chi connectivity index (χ4v) is 7.57. The van der Waals surface area contributed by atoms with Crippen LogP contribution >= 0.6 is 11.6 Å². The van der Waals surface area contributed by atoms with Gasteiger partial charge in [0.2, 0.25) is 11.9 Å². The molecule has 1 spiro atoms. The third kappa shape index (κ3) is 3.01. The van der Waals surface area contributed by atoms with E-state index in [9.17, 15) is 17.6 Å². The first-order valence-corrected chi connectivity index (χ1v) is 13.0. The molecule has 0 unspecified atom stereocenters. The van der Waals surface area contributed by atoms with Gasteiger partial charge in [0.05, 0.1) is 30.0 Å². The van der Waals surface area contributed by atoms with E-state index in [1.807, 2.05) is 27.7 Å². The Balaban J connectivity index is 1.05. The van der Waals surface area contributed by atoms with Crippen molar-refractivity contribution in [2.24, 2.45) is 10.8 Å². The van der Waals surface area contributed by atoms with Gasteiger partial charge in [-0.15, -0.1) is 10.2 Å². The molecule has 198 valence electrons. The van der Waals surface area contributed by atoms with Crippen LogP contribution in [0.25, 0.3) is 5.69 Å².